The van der Waals surface area contributed by atoms with Crippen molar-refractivity contribution in [2.45, 2.75) is 39.5 Å². The minimum Gasteiger partial charge on any atom is -0.282 e. The van der Waals surface area contributed by atoms with Gasteiger partial charge in [-0.05, 0) is 68.4 Å². The Kier molecular flexibility index (Phi) is 4.04. The number of carbonyl (C=O) groups excluding carboxylic acids is 1. The Hall–Kier alpha value is -2.43. The number of nitrogens with zero attached hydrogens (tertiary/aromatic N) is 2. The van der Waals surface area contributed by atoms with E-state index in [0.29, 0.717) is 5.69 Å². The van der Waals surface area contributed by atoms with E-state index in [4.69, 9.17) is 0 Å². The Balaban J connectivity index is 1.73. The Labute approximate surface area is 129 Å². The van der Waals surface area contributed by atoms with Gasteiger partial charge in [-0.15, -0.1) is 0 Å². The fraction of sp³-hybridized carbons (Fsp3) is 0.353. The molecule has 0 fully saturated rings. The van der Waals surface area contributed by atoms with Crippen LogP contribution in [0.3, 0.4) is 0 Å². The molecule has 2 aromatic rings. The van der Waals surface area contributed by atoms with Gasteiger partial charge in [0.25, 0.3) is 5.91 Å². The van der Waals surface area contributed by atoms with Crippen LogP contribution in [-0.4, -0.2) is 21.8 Å². The zero-order valence-corrected chi connectivity index (χ0v) is 12.9. The molecule has 0 saturated carbocycles. The van der Waals surface area contributed by atoms with E-state index in [1.807, 2.05) is 13.8 Å². The number of rotatable bonds is 3. The molecule has 1 aromatic heterocycles. The van der Waals surface area contributed by atoms with Crippen LogP contribution in [0, 0.1) is 6.92 Å². The number of aromatic amines is 1. The lowest BCUT2D eigenvalue weighted by molar-refractivity contribution is 0.0950. The van der Waals surface area contributed by atoms with Gasteiger partial charge in [-0.3, -0.25) is 9.89 Å². The van der Waals surface area contributed by atoms with Crippen LogP contribution in [0.5, 0.6) is 0 Å². The zero-order valence-electron chi connectivity index (χ0n) is 12.9. The van der Waals surface area contributed by atoms with E-state index in [2.05, 4.69) is 38.9 Å². The number of aromatic nitrogens is 2. The summed E-state index contributed by atoms with van der Waals surface area (Å²) in [4.78, 5) is 11.9. The van der Waals surface area contributed by atoms with Gasteiger partial charge in [-0.1, -0.05) is 12.1 Å². The predicted octanol–water partition coefficient (Wildman–Crippen LogP) is 2.75. The quantitative estimate of drug-likeness (QED) is 0.675. The van der Waals surface area contributed by atoms with Crippen LogP contribution >= 0.6 is 0 Å². The number of hydrogen-bond donors (Lipinski definition) is 2. The molecule has 0 spiro atoms. The molecule has 1 heterocycles. The Morgan fingerprint density at radius 1 is 1.23 bits per heavy atom. The molecule has 0 saturated heterocycles. The number of aryl methyl sites for hydroxylation is 3. The predicted molar refractivity (Wildman–Crippen MR) is 86.1 cm³/mol. The normalized spacial score (nSPS) is 14.5. The third kappa shape index (κ3) is 3.08. The molecular formula is C17H20N4O. The Morgan fingerprint density at radius 2 is 2.00 bits per heavy atom. The zero-order chi connectivity index (χ0) is 15.5. The van der Waals surface area contributed by atoms with Crippen molar-refractivity contribution in [2.24, 2.45) is 5.10 Å². The van der Waals surface area contributed by atoms with Crippen LogP contribution < -0.4 is 5.43 Å². The van der Waals surface area contributed by atoms with E-state index >= 15 is 0 Å². The number of benzene rings is 1. The fourth-order valence-electron chi connectivity index (χ4n) is 2.75. The van der Waals surface area contributed by atoms with Crippen LogP contribution in [0.25, 0.3) is 0 Å². The largest absolute Gasteiger partial charge is 0.291 e. The van der Waals surface area contributed by atoms with Crippen molar-refractivity contribution >= 4 is 11.6 Å². The lowest BCUT2D eigenvalue weighted by atomic mass is 9.90. The summed E-state index contributed by atoms with van der Waals surface area (Å²) in [5.74, 6) is -0.304. The summed E-state index contributed by atoms with van der Waals surface area (Å²) in [7, 11) is 0. The third-order valence-electron chi connectivity index (χ3n) is 4.03. The summed E-state index contributed by atoms with van der Waals surface area (Å²) in [5.41, 5.74) is 8.46. The number of hydrogen-bond acceptors (Lipinski definition) is 3. The molecule has 3 rings (SSSR count). The van der Waals surface area contributed by atoms with E-state index in [-0.39, 0.29) is 5.91 Å². The van der Waals surface area contributed by atoms with Crippen molar-refractivity contribution < 1.29 is 4.79 Å². The molecule has 0 unspecified atom stereocenters. The van der Waals surface area contributed by atoms with Crippen LogP contribution in [0.15, 0.2) is 29.4 Å². The Bertz CT molecular complexity index is 730. The number of carbonyl (C=O) groups is 1. The van der Waals surface area contributed by atoms with E-state index < -0.39 is 0 Å². The van der Waals surface area contributed by atoms with Gasteiger partial charge < -0.3 is 0 Å². The number of fused-ring (bicyclic) bond motifs is 1. The molecule has 1 amide bonds. The average Bonchev–Trinajstić information content (AvgIpc) is 2.98. The topological polar surface area (TPSA) is 70.1 Å². The first kappa shape index (κ1) is 14.5. The summed E-state index contributed by atoms with van der Waals surface area (Å²) in [5, 5.41) is 10.9. The number of hydrazone groups is 1. The van der Waals surface area contributed by atoms with E-state index in [0.717, 1.165) is 23.4 Å². The van der Waals surface area contributed by atoms with Crippen LogP contribution in [0.1, 0.15) is 52.6 Å². The summed E-state index contributed by atoms with van der Waals surface area (Å²) >= 11 is 0. The molecule has 2 N–H and O–H groups in total. The fourth-order valence-corrected chi connectivity index (χ4v) is 2.75. The van der Waals surface area contributed by atoms with E-state index in [9.17, 15) is 4.79 Å². The molecule has 1 aromatic carbocycles. The number of H-pyrrole nitrogens is 1. The highest BCUT2D eigenvalue weighted by molar-refractivity contribution is 6.00. The summed E-state index contributed by atoms with van der Waals surface area (Å²) in [6, 6.07) is 8.15. The summed E-state index contributed by atoms with van der Waals surface area (Å²) in [6.07, 6.45) is 4.83. The molecule has 22 heavy (non-hydrogen) atoms. The molecule has 114 valence electrons. The maximum atomic E-state index is 11.9. The standard InChI is InChI=1S/C17H20N4O/c1-11-9-16(20-18-11)17(22)21-19-12(2)14-8-7-13-5-3-4-6-15(13)10-14/h7-10H,3-6H2,1-2H3,(H,18,20)(H,21,22)/b19-12-. The monoisotopic (exact) mass is 296 g/mol. The van der Waals surface area contributed by atoms with Crippen molar-refractivity contribution in [1.82, 2.24) is 15.6 Å². The van der Waals surface area contributed by atoms with Crippen LogP contribution in [0.2, 0.25) is 0 Å². The van der Waals surface area contributed by atoms with Crippen molar-refractivity contribution in [3.63, 3.8) is 0 Å². The van der Waals surface area contributed by atoms with Gasteiger partial charge in [0.05, 0.1) is 5.71 Å². The second-order valence-electron chi connectivity index (χ2n) is 5.76. The van der Waals surface area contributed by atoms with E-state index in [1.54, 1.807) is 6.07 Å². The summed E-state index contributed by atoms with van der Waals surface area (Å²) in [6.45, 7) is 3.76. The highest BCUT2D eigenvalue weighted by atomic mass is 16.2. The highest BCUT2D eigenvalue weighted by Gasteiger charge is 2.11. The van der Waals surface area contributed by atoms with Gasteiger partial charge in [0.15, 0.2) is 5.69 Å². The molecule has 1 aliphatic carbocycles. The SMILES string of the molecule is C/C(=N/NC(=O)c1cc(C)[nH]n1)c1ccc2c(c1)CCCC2. The van der Waals surface area contributed by atoms with Gasteiger partial charge in [-0.25, -0.2) is 5.43 Å². The average molecular weight is 296 g/mol. The molecule has 0 aliphatic heterocycles. The van der Waals surface area contributed by atoms with Gasteiger partial charge in [0, 0.05) is 5.69 Å². The molecule has 0 bridgehead atoms. The first-order valence-electron chi connectivity index (χ1n) is 7.62. The van der Waals surface area contributed by atoms with Gasteiger partial charge in [0.2, 0.25) is 0 Å². The molecule has 1 aliphatic rings. The first-order valence-corrected chi connectivity index (χ1v) is 7.62. The lowest BCUT2D eigenvalue weighted by Crippen LogP contribution is -2.19. The molecule has 0 atom stereocenters. The van der Waals surface area contributed by atoms with Crippen molar-refractivity contribution in [2.75, 3.05) is 0 Å². The smallest absolute Gasteiger partial charge is 0.282 e. The molecule has 5 heteroatoms. The second kappa shape index (κ2) is 6.13. The first-order chi connectivity index (χ1) is 10.6. The van der Waals surface area contributed by atoms with Crippen LogP contribution in [-0.2, 0) is 12.8 Å². The van der Waals surface area contributed by atoms with Gasteiger partial charge >= 0.3 is 0 Å². The molecule has 5 nitrogen and oxygen atoms in total. The van der Waals surface area contributed by atoms with Crippen molar-refractivity contribution in [1.29, 1.82) is 0 Å². The van der Waals surface area contributed by atoms with Crippen molar-refractivity contribution in [3.05, 3.63) is 52.3 Å². The molecule has 0 radical (unpaired) electrons. The van der Waals surface area contributed by atoms with Crippen LogP contribution in [0.4, 0.5) is 0 Å². The summed E-state index contributed by atoms with van der Waals surface area (Å²) < 4.78 is 0. The molecular weight excluding hydrogens is 276 g/mol. The number of nitrogens with one attached hydrogen (secondary N) is 2. The van der Waals surface area contributed by atoms with Crippen molar-refractivity contribution in [3.8, 4) is 0 Å². The maximum Gasteiger partial charge on any atom is 0.291 e. The number of amides is 1. The minimum atomic E-state index is -0.304. The highest BCUT2D eigenvalue weighted by Crippen LogP contribution is 2.22. The Morgan fingerprint density at radius 3 is 2.73 bits per heavy atom. The second-order valence-corrected chi connectivity index (χ2v) is 5.76. The maximum absolute atomic E-state index is 11.9. The van der Waals surface area contributed by atoms with Gasteiger partial charge in [0.1, 0.15) is 0 Å². The third-order valence-corrected chi connectivity index (χ3v) is 4.03. The van der Waals surface area contributed by atoms with Gasteiger partial charge in [-0.2, -0.15) is 10.2 Å². The van der Waals surface area contributed by atoms with E-state index in [1.165, 1.54) is 30.4 Å². The lowest BCUT2D eigenvalue weighted by Gasteiger charge is -2.16. The minimum absolute atomic E-state index is 0.304.